The van der Waals surface area contributed by atoms with Gasteiger partial charge in [0.15, 0.2) is 0 Å². The number of unbranched alkanes of at least 4 members (excludes halogenated alkanes) is 1. The number of hydrogen-bond acceptors (Lipinski definition) is 4. The van der Waals surface area contributed by atoms with E-state index in [4.69, 9.17) is 37.7 Å². The van der Waals surface area contributed by atoms with Crippen molar-refractivity contribution >= 4 is 28.9 Å². The second-order valence-electron chi connectivity index (χ2n) is 11.7. The number of rotatable bonds is 12. The standard InChI is InChI=1S/C27H29Cl2NO2.C8H17N.C6H10/c1-17(2)32-26-16-24(31-5)14-15-25(26)19(4)30-27(21-8-12-23(29)13-9-21)18(3)20-6-10-22(28)11-7-20;1-8(2)6-4-5-7-9-3;1-3-5-6-4-2/h6-18,27H,1-5H3;6,9H,4-5,7H2,1-3H3;3-4H2,1-2H3. The van der Waals surface area contributed by atoms with Crippen molar-refractivity contribution in [3.05, 3.63) is 105 Å². The molecule has 0 heterocycles. The summed E-state index contributed by atoms with van der Waals surface area (Å²) in [7, 11) is 3.64. The summed E-state index contributed by atoms with van der Waals surface area (Å²) in [6.45, 7) is 17.7. The van der Waals surface area contributed by atoms with E-state index < -0.39 is 0 Å². The van der Waals surface area contributed by atoms with Crippen molar-refractivity contribution in [2.45, 2.75) is 99.1 Å². The van der Waals surface area contributed by atoms with Crippen LogP contribution in [0, 0.1) is 11.8 Å². The molecule has 0 aromatic heterocycles. The highest BCUT2D eigenvalue weighted by Gasteiger charge is 2.22. The first-order chi connectivity index (χ1) is 22.5. The number of benzene rings is 3. The molecule has 0 saturated heterocycles. The topological polar surface area (TPSA) is 42.8 Å². The molecule has 0 radical (unpaired) electrons. The number of halogens is 2. The van der Waals surface area contributed by atoms with Crippen molar-refractivity contribution in [1.29, 1.82) is 0 Å². The van der Waals surface area contributed by atoms with Gasteiger partial charge in [0, 0.05) is 46.1 Å². The molecule has 0 saturated carbocycles. The van der Waals surface area contributed by atoms with E-state index in [0.717, 1.165) is 52.7 Å². The third-order valence-corrected chi connectivity index (χ3v) is 7.52. The van der Waals surface area contributed by atoms with Crippen LogP contribution in [0.2, 0.25) is 10.0 Å². The number of nitrogens with zero attached hydrogens (tertiary/aromatic N) is 1. The Kier molecular flexibility index (Phi) is 21.3. The second-order valence-corrected chi connectivity index (χ2v) is 12.5. The molecule has 2 unspecified atom stereocenters. The maximum Gasteiger partial charge on any atom is 0.132 e. The molecule has 3 aromatic rings. The lowest BCUT2D eigenvalue weighted by Gasteiger charge is -2.23. The van der Waals surface area contributed by atoms with Gasteiger partial charge in [0.1, 0.15) is 11.5 Å². The predicted octanol–water partition coefficient (Wildman–Crippen LogP) is 11.9. The van der Waals surface area contributed by atoms with E-state index in [9.17, 15) is 0 Å². The summed E-state index contributed by atoms with van der Waals surface area (Å²) in [5.41, 5.74) is 5.52. The van der Waals surface area contributed by atoms with Gasteiger partial charge in [-0.05, 0) is 109 Å². The molecule has 0 bridgehead atoms. The van der Waals surface area contributed by atoms with Crippen LogP contribution in [0.1, 0.15) is 110 Å². The first kappa shape index (κ1) is 41.8. The molecular weight excluding hydrogens is 623 g/mol. The fourth-order valence-electron chi connectivity index (χ4n) is 4.56. The largest absolute Gasteiger partial charge is 0.497 e. The maximum atomic E-state index is 6.15. The summed E-state index contributed by atoms with van der Waals surface area (Å²) in [5.74, 6) is 7.53. The van der Waals surface area contributed by atoms with Gasteiger partial charge in [-0.25, -0.2) is 0 Å². The second kappa shape index (κ2) is 24.0. The molecule has 2 atom stereocenters. The van der Waals surface area contributed by atoms with Crippen LogP contribution < -0.4 is 14.8 Å². The van der Waals surface area contributed by atoms with Crippen molar-refractivity contribution in [3.8, 4) is 23.3 Å². The molecule has 3 rings (SSSR count). The SMILES string of the molecule is CCC#CCC.CNCCCC=C(C)C.COc1ccc(C(C)=NC(c2ccc(Cl)cc2)C(C)c2ccc(Cl)cc2)c(OC(C)C)c1. The van der Waals surface area contributed by atoms with Gasteiger partial charge in [0.25, 0.3) is 0 Å². The zero-order chi connectivity index (χ0) is 35.2. The third-order valence-electron chi connectivity index (χ3n) is 7.02. The van der Waals surface area contributed by atoms with E-state index in [1.54, 1.807) is 7.11 Å². The number of hydrogen-bond donors (Lipinski definition) is 1. The normalized spacial score (nSPS) is 11.9. The Morgan fingerprint density at radius 2 is 1.40 bits per heavy atom. The Morgan fingerprint density at radius 3 is 1.87 bits per heavy atom. The Morgan fingerprint density at radius 1 is 0.851 bits per heavy atom. The van der Waals surface area contributed by atoms with Gasteiger partial charge < -0.3 is 14.8 Å². The molecule has 256 valence electrons. The van der Waals surface area contributed by atoms with Gasteiger partial charge in [-0.3, -0.25) is 4.99 Å². The Labute approximate surface area is 296 Å². The van der Waals surface area contributed by atoms with Crippen LogP contribution in [-0.2, 0) is 0 Å². The minimum atomic E-state index is -0.109. The average molecular weight is 680 g/mol. The Bertz CT molecular complexity index is 1410. The molecule has 3 aromatic carbocycles. The average Bonchev–Trinajstić information content (AvgIpc) is 3.05. The van der Waals surface area contributed by atoms with Crippen LogP contribution >= 0.6 is 23.2 Å². The van der Waals surface area contributed by atoms with E-state index in [1.807, 2.05) is 82.4 Å². The molecular formula is C41H56Cl2N2O2. The molecule has 0 fully saturated rings. The van der Waals surface area contributed by atoms with Crippen LogP contribution in [0.15, 0.2) is 83.4 Å². The van der Waals surface area contributed by atoms with E-state index in [-0.39, 0.29) is 18.1 Å². The highest BCUT2D eigenvalue weighted by Crippen LogP contribution is 2.36. The van der Waals surface area contributed by atoms with E-state index in [0.29, 0.717) is 5.02 Å². The molecule has 1 N–H and O–H groups in total. The number of nitrogens with one attached hydrogen (secondary N) is 1. The molecule has 0 spiro atoms. The molecule has 0 aliphatic heterocycles. The van der Waals surface area contributed by atoms with Crippen molar-refractivity contribution in [1.82, 2.24) is 5.32 Å². The number of methoxy groups -OCH3 is 1. The van der Waals surface area contributed by atoms with Crippen LogP contribution in [0.3, 0.4) is 0 Å². The van der Waals surface area contributed by atoms with Gasteiger partial charge in [-0.1, -0.05) is 79.9 Å². The smallest absolute Gasteiger partial charge is 0.132 e. The van der Waals surface area contributed by atoms with Crippen molar-refractivity contribution in [2.75, 3.05) is 20.7 Å². The summed E-state index contributed by atoms with van der Waals surface area (Å²) in [6.07, 6.45) is 6.76. The molecule has 47 heavy (non-hydrogen) atoms. The monoisotopic (exact) mass is 678 g/mol. The lowest BCUT2D eigenvalue weighted by Crippen LogP contribution is -2.12. The van der Waals surface area contributed by atoms with Crippen molar-refractivity contribution in [3.63, 3.8) is 0 Å². The van der Waals surface area contributed by atoms with Crippen LogP contribution in [0.25, 0.3) is 0 Å². The number of allylic oxidation sites excluding steroid dienone is 2. The molecule has 0 aliphatic rings. The minimum absolute atomic E-state index is 0.0358. The lowest BCUT2D eigenvalue weighted by molar-refractivity contribution is 0.241. The van der Waals surface area contributed by atoms with E-state index in [2.05, 4.69) is 70.0 Å². The van der Waals surface area contributed by atoms with Crippen molar-refractivity contribution in [2.24, 2.45) is 4.99 Å². The van der Waals surface area contributed by atoms with Gasteiger partial charge in [-0.15, -0.1) is 11.8 Å². The summed E-state index contributed by atoms with van der Waals surface area (Å²) in [5, 5.41) is 4.54. The fraction of sp³-hybridized carbons (Fsp3) is 0.439. The predicted molar refractivity (Wildman–Crippen MR) is 206 cm³/mol. The summed E-state index contributed by atoms with van der Waals surface area (Å²) in [4.78, 5) is 5.19. The Balaban J connectivity index is 0.000000611. The molecule has 6 heteroatoms. The molecule has 0 amide bonds. The van der Waals surface area contributed by atoms with Gasteiger partial charge in [0.2, 0.25) is 0 Å². The van der Waals surface area contributed by atoms with Gasteiger partial charge in [0.05, 0.1) is 19.3 Å². The van der Waals surface area contributed by atoms with Crippen molar-refractivity contribution < 1.29 is 9.47 Å². The highest BCUT2D eigenvalue weighted by molar-refractivity contribution is 6.30. The fourth-order valence-corrected chi connectivity index (χ4v) is 4.81. The number of ether oxygens (including phenoxy) is 2. The zero-order valence-electron chi connectivity index (χ0n) is 30.2. The van der Waals surface area contributed by atoms with Crippen LogP contribution in [-0.4, -0.2) is 32.5 Å². The van der Waals surface area contributed by atoms with Crippen LogP contribution in [0.4, 0.5) is 0 Å². The van der Waals surface area contributed by atoms with Gasteiger partial charge in [-0.2, -0.15) is 0 Å². The van der Waals surface area contributed by atoms with Gasteiger partial charge >= 0.3 is 0 Å². The zero-order valence-corrected chi connectivity index (χ0v) is 31.7. The lowest BCUT2D eigenvalue weighted by atomic mass is 9.88. The summed E-state index contributed by atoms with van der Waals surface area (Å²) in [6, 6.07) is 21.6. The molecule has 0 aliphatic carbocycles. The van der Waals surface area contributed by atoms with E-state index in [1.165, 1.54) is 24.0 Å². The highest BCUT2D eigenvalue weighted by atomic mass is 35.5. The number of aliphatic imine (C=N–C) groups is 1. The maximum absolute atomic E-state index is 6.15. The summed E-state index contributed by atoms with van der Waals surface area (Å²) < 4.78 is 11.5. The van der Waals surface area contributed by atoms with E-state index >= 15 is 0 Å². The first-order valence-electron chi connectivity index (χ1n) is 16.6. The molecule has 4 nitrogen and oxygen atoms in total. The third kappa shape index (κ3) is 16.9. The van der Waals surface area contributed by atoms with Crippen LogP contribution in [0.5, 0.6) is 11.5 Å². The Hall–Kier alpha value is -3.23. The first-order valence-corrected chi connectivity index (χ1v) is 17.4. The minimum Gasteiger partial charge on any atom is -0.497 e. The summed E-state index contributed by atoms with van der Waals surface area (Å²) >= 11 is 12.3. The quantitative estimate of drug-likeness (QED) is 0.0897.